The van der Waals surface area contributed by atoms with Gasteiger partial charge in [-0.05, 0) is 24.8 Å². The maximum atomic E-state index is 5.32. The molecule has 0 spiro atoms. The number of hydrogen-bond donors (Lipinski definition) is 1. The third kappa shape index (κ3) is 2.30. The van der Waals surface area contributed by atoms with Crippen LogP contribution in [0.1, 0.15) is 24.3 Å². The lowest BCUT2D eigenvalue weighted by molar-refractivity contribution is 0.188. The fraction of sp³-hybridized carbons (Fsp3) is 0.600. The molecule has 2 heterocycles. The summed E-state index contributed by atoms with van der Waals surface area (Å²) < 4.78 is 5.32. The van der Waals surface area contributed by atoms with Gasteiger partial charge in [-0.1, -0.05) is 6.07 Å². The molecule has 0 saturated carbocycles. The van der Waals surface area contributed by atoms with Gasteiger partial charge < -0.3 is 10.1 Å². The van der Waals surface area contributed by atoms with E-state index in [1.54, 1.807) is 0 Å². The minimum Gasteiger partial charge on any atom is -0.380 e. The molecule has 2 rings (SSSR count). The Labute approximate surface area is 82.9 Å². The normalized spacial score (nSPS) is 24.8. The summed E-state index contributed by atoms with van der Waals surface area (Å²) >= 11 is 1.81. The highest BCUT2D eigenvalue weighted by Gasteiger charge is 2.18. The summed E-state index contributed by atoms with van der Waals surface area (Å²) in [4.78, 5) is 1.41. The Morgan fingerprint density at radius 2 is 2.62 bits per heavy atom. The molecule has 1 saturated heterocycles. The van der Waals surface area contributed by atoms with Gasteiger partial charge in [0.25, 0.3) is 0 Å². The highest BCUT2D eigenvalue weighted by atomic mass is 32.1. The molecule has 72 valence electrons. The van der Waals surface area contributed by atoms with Crippen LogP contribution in [0.15, 0.2) is 17.5 Å². The quantitative estimate of drug-likeness (QED) is 0.802. The Hall–Kier alpha value is -0.380. The van der Waals surface area contributed by atoms with E-state index in [-0.39, 0.29) is 0 Å². The monoisotopic (exact) mass is 197 g/mol. The molecule has 1 aliphatic rings. The van der Waals surface area contributed by atoms with Gasteiger partial charge in [0, 0.05) is 23.6 Å². The fourth-order valence-corrected chi connectivity index (χ4v) is 2.38. The van der Waals surface area contributed by atoms with Crippen LogP contribution in [0.2, 0.25) is 0 Å². The summed E-state index contributed by atoms with van der Waals surface area (Å²) in [6.45, 7) is 3.99. The standard InChI is InChI=1S/C10H15NOS/c1-8(10-3-2-6-13-10)11-9-4-5-12-7-9/h2-3,6,8-9,11H,4-5,7H2,1H3/t8-,9?/m1/s1. The van der Waals surface area contributed by atoms with Crippen molar-refractivity contribution in [2.75, 3.05) is 13.2 Å². The summed E-state index contributed by atoms with van der Waals surface area (Å²) in [6.07, 6.45) is 1.15. The fourth-order valence-electron chi connectivity index (χ4n) is 1.64. The predicted molar refractivity (Wildman–Crippen MR) is 55.1 cm³/mol. The molecule has 0 radical (unpaired) electrons. The first-order chi connectivity index (χ1) is 6.36. The number of thiophene rings is 1. The van der Waals surface area contributed by atoms with Gasteiger partial charge in [0.15, 0.2) is 0 Å². The Balaban J connectivity index is 1.87. The van der Waals surface area contributed by atoms with E-state index in [1.807, 2.05) is 11.3 Å². The molecule has 1 N–H and O–H groups in total. The second kappa shape index (κ2) is 4.22. The van der Waals surface area contributed by atoms with Gasteiger partial charge >= 0.3 is 0 Å². The first-order valence-corrected chi connectivity index (χ1v) is 5.61. The molecule has 2 nitrogen and oxygen atoms in total. The number of hydrogen-bond acceptors (Lipinski definition) is 3. The first kappa shape index (κ1) is 9.19. The van der Waals surface area contributed by atoms with Crippen molar-refractivity contribution in [3.63, 3.8) is 0 Å². The third-order valence-corrected chi connectivity index (χ3v) is 3.44. The second-order valence-corrected chi connectivity index (χ2v) is 4.44. The second-order valence-electron chi connectivity index (χ2n) is 3.46. The number of rotatable bonds is 3. The van der Waals surface area contributed by atoms with Crippen molar-refractivity contribution in [2.24, 2.45) is 0 Å². The summed E-state index contributed by atoms with van der Waals surface area (Å²) in [6, 6.07) is 5.30. The van der Waals surface area contributed by atoms with Crippen molar-refractivity contribution in [3.05, 3.63) is 22.4 Å². The zero-order chi connectivity index (χ0) is 9.10. The molecule has 1 aliphatic heterocycles. The molecule has 0 bridgehead atoms. The van der Waals surface area contributed by atoms with Gasteiger partial charge in [-0.15, -0.1) is 11.3 Å². The largest absolute Gasteiger partial charge is 0.380 e. The zero-order valence-corrected chi connectivity index (χ0v) is 8.64. The maximum Gasteiger partial charge on any atom is 0.0620 e. The smallest absolute Gasteiger partial charge is 0.0620 e. The molecule has 13 heavy (non-hydrogen) atoms. The lowest BCUT2D eigenvalue weighted by Gasteiger charge is -2.16. The lowest BCUT2D eigenvalue weighted by Crippen LogP contribution is -2.31. The minimum atomic E-state index is 0.465. The molecular formula is C10H15NOS. The van der Waals surface area contributed by atoms with Gasteiger partial charge in [0.2, 0.25) is 0 Å². The molecule has 1 fully saturated rings. The Morgan fingerprint density at radius 1 is 1.69 bits per heavy atom. The summed E-state index contributed by atoms with van der Waals surface area (Å²) in [5.74, 6) is 0. The van der Waals surface area contributed by atoms with Crippen LogP contribution in [0, 0.1) is 0 Å². The lowest BCUT2D eigenvalue weighted by atomic mass is 10.2. The number of nitrogens with one attached hydrogen (secondary N) is 1. The Kier molecular flexibility index (Phi) is 2.98. The van der Waals surface area contributed by atoms with Crippen LogP contribution in [-0.4, -0.2) is 19.3 Å². The average molecular weight is 197 g/mol. The third-order valence-electron chi connectivity index (χ3n) is 2.39. The van der Waals surface area contributed by atoms with Gasteiger partial charge in [0.05, 0.1) is 6.61 Å². The van der Waals surface area contributed by atoms with E-state index >= 15 is 0 Å². The van der Waals surface area contributed by atoms with Crippen molar-refractivity contribution in [1.82, 2.24) is 5.32 Å². The van der Waals surface area contributed by atoms with Gasteiger partial charge in [0.1, 0.15) is 0 Å². The van der Waals surface area contributed by atoms with Crippen LogP contribution in [0.3, 0.4) is 0 Å². The van der Waals surface area contributed by atoms with E-state index in [0.717, 1.165) is 19.6 Å². The highest BCUT2D eigenvalue weighted by Crippen LogP contribution is 2.19. The number of ether oxygens (including phenoxy) is 1. The van der Waals surface area contributed by atoms with Crippen LogP contribution in [0.4, 0.5) is 0 Å². The van der Waals surface area contributed by atoms with Gasteiger partial charge in [-0.2, -0.15) is 0 Å². The molecule has 0 amide bonds. The highest BCUT2D eigenvalue weighted by molar-refractivity contribution is 7.10. The van der Waals surface area contributed by atoms with Crippen molar-refractivity contribution in [1.29, 1.82) is 0 Å². The summed E-state index contributed by atoms with van der Waals surface area (Å²) in [7, 11) is 0. The van der Waals surface area contributed by atoms with Gasteiger partial charge in [-0.25, -0.2) is 0 Å². The topological polar surface area (TPSA) is 21.3 Å². The molecule has 1 aromatic rings. The molecule has 2 atom stereocenters. The van der Waals surface area contributed by atoms with E-state index in [2.05, 4.69) is 29.8 Å². The molecule has 3 heteroatoms. The van der Waals surface area contributed by atoms with E-state index < -0.39 is 0 Å². The Bertz CT molecular complexity index is 241. The van der Waals surface area contributed by atoms with Crippen molar-refractivity contribution in [3.8, 4) is 0 Å². The predicted octanol–water partition coefficient (Wildman–Crippen LogP) is 2.19. The minimum absolute atomic E-state index is 0.465. The van der Waals surface area contributed by atoms with Crippen molar-refractivity contribution < 1.29 is 4.74 Å². The van der Waals surface area contributed by atoms with E-state index in [4.69, 9.17) is 4.74 Å². The maximum absolute atomic E-state index is 5.32. The average Bonchev–Trinajstić information content (AvgIpc) is 2.74. The van der Waals surface area contributed by atoms with Crippen LogP contribution in [0.25, 0.3) is 0 Å². The van der Waals surface area contributed by atoms with Crippen LogP contribution < -0.4 is 5.32 Å². The van der Waals surface area contributed by atoms with Crippen LogP contribution in [0.5, 0.6) is 0 Å². The summed E-state index contributed by atoms with van der Waals surface area (Å²) in [5, 5.41) is 5.69. The molecule has 1 unspecified atom stereocenters. The SMILES string of the molecule is C[C@@H](NC1CCOC1)c1cccs1. The van der Waals surface area contributed by atoms with E-state index in [0.29, 0.717) is 12.1 Å². The first-order valence-electron chi connectivity index (χ1n) is 4.73. The van der Waals surface area contributed by atoms with Crippen LogP contribution in [-0.2, 0) is 4.74 Å². The van der Waals surface area contributed by atoms with E-state index in [9.17, 15) is 0 Å². The van der Waals surface area contributed by atoms with E-state index in [1.165, 1.54) is 4.88 Å². The van der Waals surface area contributed by atoms with Gasteiger partial charge in [-0.3, -0.25) is 0 Å². The molecule has 0 aromatic carbocycles. The van der Waals surface area contributed by atoms with Crippen molar-refractivity contribution >= 4 is 11.3 Å². The molecule has 0 aliphatic carbocycles. The Morgan fingerprint density at radius 3 is 3.23 bits per heavy atom. The van der Waals surface area contributed by atoms with Crippen molar-refractivity contribution in [2.45, 2.75) is 25.4 Å². The summed E-state index contributed by atoms with van der Waals surface area (Å²) in [5.41, 5.74) is 0. The molecule has 1 aromatic heterocycles. The van der Waals surface area contributed by atoms with Crippen LogP contribution >= 0.6 is 11.3 Å². The molecular weight excluding hydrogens is 182 g/mol. The zero-order valence-electron chi connectivity index (χ0n) is 7.82.